The van der Waals surface area contributed by atoms with Crippen LogP contribution < -0.4 is 10.6 Å². The lowest BCUT2D eigenvalue weighted by atomic mass is 10.2. The first-order valence-corrected chi connectivity index (χ1v) is 7.91. The molecule has 0 aliphatic heterocycles. The summed E-state index contributed by atoms with van der Waals surface area (Å²) in [4.78, 5) is 15.3. The highest BCUT2D eigenvalue weighted by Crippen LogP contribution is 2.20. The predicted octanol–water partition coefficient (Wildman–Crippen LogP) is 2.14. The number of benzene rings is 1. The Morgan fingerprint density at radius 3 is 2.96 bits per heavy atom. The van der Waals surface area contributed by atoms with Gasteiger partial charge < -0.3 is 10.6 Å². The highest BCUT2D eigenvalue weighted by molar-refractivity contribution is 7.13. The minimum atomic E-state index is -0.419. The molecule has 3 aromatic rings. The average Bonchev–Trinajstić information content (AvgIpc) is 3.15. The van der Waals surface area contributed by atoms with Crippen molar-refractivity contribution in [1.82, 2.24) is 25.2 Å². The molecule has 10 heteroatoms. The van der Waals surface area contributed by atoms with E-state index in [1.54, 1.807) is 19.1 Å². The fourth-order valence-corrected chi connectivity index (χ4v) is 2.78. The number of hydrogen-bond acceptors (Lipinski definition) is 7. The fraction of sp³-hybridized carbons (Fsp3) is 0.214. The number of rotatable bonds is 5. The lowest BCUT2D eigenvalue weighted by Crippen LogP contribution is -2.07. The molecule has 0 atom stereocenters. The van der Waals surface area contributed by atoms with Gasteiger partial charge in [0.05, 0.1) is 12.2 Å². The van der Waals surface area contributed by atoms with Crippen molar-refractivity contribution in [2.24, 2.45) is 0 Å². The summed E-state index contributed by atoms with van der Waals surface area (Å²) < 4.78 is 15.3. The normalized spacial score (nSPS) is 10.6. The van der Waals surface area contributed by atoms with E-state index in [2.05, 4.69) is 31.1 Å². The van der Waals surface area contributed by atoms with Crippen molar-refractivity contribution in [1.29, 1.82) is 0 Å². The molecule has 0 fully saturated rings. The molecule has 8 nitrogen and oxygen atoms in total. The maximum Gasteiger partial charge on any atom is 0.223 e. The zero-order valence-corrected chi connectivity index (χ0v) is 13.8. The maximum absolute atomic E-state index is 14.0. The lowest BCUT2D eigenvalue weighted by Gasteiger charge is -2.08. The zero-order chi connectivity index (χ0) is 17.1. The van der Waals surface area contributed by atoms with Crippen LogP contribution in [0.1, 0.15) is 18.4 Å². The largest absolute Gasteiger partial charge is 0.379 e. The molecular formula is C14H14FN7OS. The van der Waals surface area contributed by atoms with E-state index in [-0.39, 0.29) is 11.6 Å². The van der Waals surface area contributed by atoms with E-state index >= 15 is 0 Å². The second-order valence-corrected chi connectivity index (χ2v) is 5.84. The van der Waals surface area contributed by atoms with Crippen LogP contribution in [0.4, 0.5) is 15.2 Å². The number of thiazole rings is 1. The standard InChI is InChI=1S/C14H14FN7OS/c1-8-19-20-21-22(8)13-5-10(3-4-12(13)15)16-6-11-7-24-14(18-11)17-9(2)23/h3-5,7,16H,6H2,1-2H3,(H,17,18,23). The Hall–Kier alpha value is -2.88. The Kier molecular flexibility index (Phi) is 4.47. The number of halogens is 1. The first-order valence-electron chi connectivity index (χ1n) is 7.03. The molecule has 3 rings (SSSR count). The Morgan fingerprint density at radius 2 is 2.25 bits per heavy atom. The molecular weight excluding hydrogens is 333 g/mol. The molecule has 2 aromatic heterocycles. The van der Waals surface area contributed by atoms with Crippen LogP contribution >= 0.6 is 11.3 Å². The molecule has 0 radical (unpaired) electrons. The number of carbonyl (C=O) groups is 1. The minimum Gasteiger partial charge on any atom is -0.379 e. The number of tetrazole rings is 1. The summed E-state index contributed by atoms with van der Waals surface area (Å²) in [6, 6.07) is 4.60. The van der Waals surface area contributed by atoms with Gasteiger partial charge in [-0.2, -0.15) is 4.68 Å². The van der Waals surface area contributed by atoms with E-state index in [1.165, 1.54) is 29.0 Å². The van der Waals surface area contributed by atoms with Gasteiger partial charge in [-0.25, -0.2) is 9.37 Å². The summed E-state index contributed by atoms with van der Waals surface area (Å²) in [5.74, 6) is -0.0908. The Labute approximate surface area is 140 Å². The van der Waals surface area contributed by atoms with Crippen LogP contribution in [0, 0.1) is 12.7 Å². The molecule has 124 valence electrons. The quantitative estimate of drug-likeness (QED) is 0.734. The molecule has 1 amide bonds. The summed E-state index contributed by atoms with van der Waals surface area (Å²) in [7, 11) is 0. The Morgan fingerprint density at radius 1 is 1.42 bits per heavy atom. The molecule has 0 saturated carbocycles. The highest BCUT2D eigenvalue weighted by Gasteiger charge is 2.11. The van der Waals surface area contributed by atoms with Gasteiger partial charge in [-0.05, 0) is 35.5 Å². The highest BCUT2D eigenvalue weighted by atomic mass is 32.1. The van der Waals surface area contributed by atoms with Crippen molar-refractivity contribution >= 4 is 28.1 Å². The van der Waals surface area contributed by atoms with Crippen molar-refractivity contribution in [2.45, 2.75) is 20.4 Å². The second-order valence-electron chi connectivity index (χ2n) is 4.98. The number of nitrogens with zero attached hydrogens (tertiary/aromatic N) is 5. The van der Waals surface area contributed by atoms with Crippen molar-refractivity contribution < 1.29 is 9.18 Å². The van der Waals surface area contributed by atoms with Crippen molar-refractivity contribution in [3.8, 4) is 5.69 Å². The Bertz CT molecular complexity index is 876. The van der Waals surface area contributed by atoms with Gasteiger partial charge in [0.15, 0.2) is 11.0 Å². The maximum atomic E-state index is 14.0. The van der Waals surface area contributed by atoms with Crippen molar-refractivity contribution in [2.75, 3.05) is 10.6 Å². The van der Waals surface area contributed by atoms with Crippen LogP contribution in [0.3, 0.4) is 0 Å². The lowest BCUT2D eigenvalue weighted by molar-refractivity contribution is -0.114. The fourth-order valence-electron chi connectivity index (χ4n) is 2.03. The number of hydrogen-bond donors (Lipinski definition) is 2. The van der Waals surface area contributed by atoms with E-state index in [9.17, 15) is 9.18 Å². The first kappa shape index (κ1) is 16.0. The number of amides is 1. The molecule has 0 aliphatic rings. The van der Waals surface area contributed by atoms with Crippen molar-refractivity contribution in [3.05, 3.63) is 40.9 Å². The summed E-state index contributed by atoms with van der Waals surface area (Å²) >= 11 is 1.34. The summed E-state index contributed by atoms with van der Waals surface area (Å²) in [6.07, 6.45) is 0. The molecule has 0 aliphatic carbocycles. The zero-order valence-electron chi connectivity index (χ0n) is 12.9. The van der Waals surface area contributed by atoms with E-state index in [4.69, 9.17) is 0 Å². The summed E-state index contributed by atoms with van der Waals surface area (Å²) in [6.45, 7) is 3.56. The van der Waals surface area contributed by atoms with Gasteiger partial charge in [0, 0.05) is 18.0 Å². The van der Waals surface area contributed by atoms with Gasteiger partial charge in [0.2, 0.25) is 5.91 Å². The van der Waals surface area contributed by atoms with Gasteiger partial charge in [-0.3, -0.25) is 4.79 Å². The molecule has 1 aromatic carbocycles. The van der Waals surface area contributed by atoms with Crippen LogP contribution in [0.5, 0.6) is 0 Å². The smallest absolute Gasteiger partial charge is 0.223 e. The molecule has 0 unspecified atom stereocenters. The minimum absolute atomic E-state index is 0.163. The molecule has 0 saturated heterocycles. The number of nitrogens with one attached hydrogen (secondary N) is 2. The van der Waals surface area contributed by atoms with Crippen LogP contribution in [-0.2, 0) is 11.3 Å². The van der Waals surface area contributed by atoms with Gasteiger partial charge in [-0.1, -0.05) is 0 Å². The summed E-state index contributed by atoms with van der Waals surface area (Å²) in [5, 5.41) is 19.2. The topological polar surface area (TPSA) is 97.6 Å². The molecule has 2 heterocycles. The number of anilines is 2. The van der Waals surface area contributed by atoms with Crippen LogP contribution in [-0.4, -0.2) is 31.1 Å². The van der Waals surface area contributed by atoms with Crippen LogP contribution in [0.15, 0.2) is 23.6 Å². The number of aryl methyl sites for hydroxylation is 1. The van der Waals surface area contributed by atoms with E-state index in [0.717, 1.165) is 5.69 Å². The third kappa shape index (κ3) is 3.54. The molecule has 24 heavy (non-hydrogen) atoms. The number of carbonyl (C=O) groups excluding carboxylic acids is 1. The van der Waals surface area contributed by atoms with Gasteiger partial charge in [0.1, 0.15) is 11.5 Å². The summed E-state index contributed by atoms with van der Waals surface area (Å²) in [5.41, 5.74) is 1.74. The van der Waals surface area contributed by atoms with Gasteiger partial charge in [-0.15, -0.1) is 16.4 Å². The monoisotopic (exact) mass is 347 g/mol. The van der Waals surface area contributed by atoms with Crippen LogP contribution in [0.2, 0.25) is 0 Å². The SMILES string of the molecule is CC(=O)Nc1nc(CNc2ccc(F)c(-n3nnnc3C)c2)cs1. The van der Waals surface area contributed by atoms with Crippen molar-refractivity contribution in [3.63, 3.8) is 0 Å². The average molecular weight is 347 g/mol. The second kappa shape index (κ2) is 6.71. The first-order chi connectivity index (χ1) is 11.5. The third-order valence-electron chi connectivity index (χ3n) is 3.11. The van der Waals surface area contributed by atoms with E-state index in [0.29, 0.717) is 23.2 Å². The van der Waals surface area contributed by atoms with Gasteiger partial charge in [0.25, 0.3) is 0 Å². The molecule has 0 spiro atoms. The van der Waals surface area contributed by atoms with E-state index < -0.39 is 5.82 Å². The number of aromatic nitrogens is 5. The molecule has 2 N–H and O–H groups in total. The predicted molar refractivity (Wildman–Crippen MR) is 87.6 cm³/mol. The Balaban J connectivity index is 1.73. The van der Waals surface area contributed by atoms with E-state index in [1.807, 2.05) is 5.38 Å². The van der Waals surface area contributed by atoms with Crippen LogP contribution in [0.25, 0.3) is 5.69 Å². The third-order valence-corrected chi connectivity index (χ3v) is 3.91. The van der Waals surface area contributed by atoms with Gasteiger partial charge >= 0.3 is 0 Å². The molecule has 0 bridgehead atoms.